The average Bonchev–Trinajstić information content (AvgIpc) is 2.43. The summed E-state index contributed by atoms with van der Waals surface area (Å²) in [6.45, 7) is 4.56. The summed E-state index contributed by atoms with van der Waals surface area (Å²) >= 11 is 0. The van der Waals surface area contributed by atoms with E-state index in [0.29, 0.717) is 31.7 Å². The molecule has 0 amide bonds. The Labute approximate surface area is 113 Å². The Bertz CT molecular complexity index is 374. The van der Waals surface area contributed by atoms with Gasteiger partial charge >= 0.3 is 0 Å². The lowest BCUT2D eigenvalue weighted by molar-refractivity contribution is 0.286. The van der Waals surface area contributed by atoms with E-state index in [2.05, 4.69) is 5.32 Å². The normalized spacial score (nSPS) is 10.7. The van der Waals surface area contributed by atoms with Gasteiger partial charge in [-0.3, -0.25) is 0 Å². The molecule has 1 rings (SSSR count). The molecule has 1 aromatic rings. The van der Waals surface area contributed by atoms with Crippen molar-refractivity contribution in [3.8, 4) is 0 Å². The third kappa shape index (κ3) is 5.14. The summed E-state index contributed by atoms with van der Waals surface area (Å²) in [7, 11) is 0. The maximum atomic E-state index is 13.8. The molecule has 3 N–H and O–H groups in total. The molecule has 0 fully saturated rings. The SMILES string of the molecule is CCN(CCO)c1cc(CNCCCO)ccc1F. The van der Waals surface area contributed by atoms with Crippen LogP contribution in [0.1, 0.15) is 18.9 Å². The van der Waals surface area contributed by atoms with Crippen LogP contribution >= 0.6 is 0 Å². The molecule has 108 valence electrons. The van der Waals surface area contributed by atoms with Crippen LogP contribution in [-0.2, 0) is 6.54 Å². The van der Waals surface area contributed by atoms with E-state index in [0.717, 1.165) is 12.1 Å². The number of aliphatic hydroxyl groups excluding tert-OH is 2. The second-order valence-electron chi connectivity index (χ2n) is 4.34. The van der Waals surface area contributed by atoms with E-state index in [9.17, 15) is 4.39 Å². The highest BCUT2D eigenvalue weighted by Crippen LogP contribution is 2.20. The third-order valence-corrected chi connectivity index (χ3v) is 2.94. The van der Waals surface area contributed by atoms with Crippen molar-refractivity contribution in [1.82, 2.24) is 5.32 Å². The summed E-state index contributed by atoms with van der Waals surface area (Å²) in [4.78, 5) is 1.81. The maximum absolute atomic E-state index is 13.8. The van der Waals surface area contributed by atoms with Gasteiger partial charge in [0.05, 0.1) is 12.3 Å². The lowest BCUT2D eigenvalue weighted by Crippen LogP contribution is -2.27. The highest BCUT2D eigenvalue weighted by atomic mass is 19.1. The number of nitrogens with zero attached hydrogens (tertiary/aromatic N) is 1. The minimum absolute atomic E-state index is 0.00621. The molecular formula is C14H23FN2O2. The molecule has 19 heavy (non-hydrogen) atoms. The van der Waals surface area contributed by atoms with Crippen LogP contribution < -0.4 is 10.2 Å². The van der Waals surface area contributed by atoms with E-state index in [1.807, 2.05) is 11.8 Å². The van der Waals surface area contributed by atoms with Gasteiger partial charge in [-0.1, -0.05) is 6.07 Å². The maximum Gasteiger partial charge on any atom is 0.146 e. The molecule has 0 atom stereocenters. The van der Waals surface area contributed by atoms with E-state index in [1.54, 1.807) is 12.1 Å². The van der Waals surface area contributed by atoms with E-state index in [-0.39, 0.29) is 19.0 Å². The van der Waals surface area contributed by atoms with Gasteiger partial charge in [-0.2, -0.15) is 0 Å². The van der Waals surface area contributed by atoms with Crippen molar-refractivity contribution in [3.63, 3.8) is 0 Å². The first kappa shape index (κ1) is 15.9. The van der Waals surface area contributed by atoms with Crippen LogP contribution in [0.2, 0.25) is 0 Å². The van der Waals surface area contributed by atoms with E-state index in [4.69, 9.17) is 10.2 Å². The monoisotopic (exact) mass is 270 g/mol. The third-order valence-electron chi connectivity index (χ3n) is 2.94. The lowest BCUT2D eigenvalue weighted by atomic mass is 10.1. The van der Waals surface area contributed by atoms with E-state index in [1.165, 1.54) is 6.07 Å². The molecular weight excluding hydrogens is 247 g/mol. The summed E-state index contributed by atoms with van der Waals surface area (Å²) in [5.74, 6) is -0.269. The first-order valence-corrected chi connectivity index (χ1v) is 6.68. The highest BCUT2D eigenvalue weighted by Gasteiger charge is 2.10. The Morgan fingerprint density at radius 3 is 2.68 bits per heavy atom. The average molecular weight is 270 g/mol. The summed E-state index contributed by atoms with van der Waals surface area (Å²) < 4.78 is 13.8. The number of likely N-dealkylation sites (N-methyl/N-ethyl adjacent to an activating group) is 1. The first-order valence-electron chi connectivity index (χ1n) is 6.68. The summed E-state index contributed by atoms with van der Waals surface area (Å²) in [5, 5.41) is 20.9. The fourth-order valence-electron chi connectivity index (χ4n) is 1.92. The van der Waals surface area contributed by atoms with Gasteiger partial charge in [0.25, 0.3) is 0 Å². The molecule has 0 aromatic heterocycles. The second kappa shape index (κ2) is 8.85. The smallest absolute Gasteiger partial charge is 0.146 e. The van der Waals surface area contributed by atoms with Gasteiger partial charge in [-0.15, -0.1) is 0 Å². The number of anilines is 1. The molecule has 0 spiro atoms. The molecule has 0 aliphatic carbocycles. The van der Waals surface area contributed by atoms with Crippen molar-refractivity contribution >= 4 is 5.69 Å². The molecule has 0 saturated heterocycles. The molecule has 0 heterocycles. The Morgan fingerprint density at radius 2 is 2.05 bits per heavy atom. The number of nitrogens with one attached hydrogen (secondary N) is 1. The molecule has 0 aliphatic heterocycles. The molecule has 0 radical (unpaired) electrons. The molecule has 4 nitrogen and oxygen atoms in total. The Balaban J connectivity index is 2.69. The molecule has 1 aromatic carbocycles. The van der Waals surface area contributed by atoms with Gasteiger partial charge in [0.1, 0.15) is 5.82 Å². The number of halogens is 1. The minimum Gasteiger partial charge on any atom is -0.396 e. The van der Waals surface area contributed by atoms with Gasteiger partial charge in [-0.25, -0.2) is 4.39 Å². The van der Waals surface area contributed by atoms with Crippen molar-refractivity contribution in [1.29, 1.82) is 0 Å². The van der Waals surface area contributed by atoms with Crippen molar-refractivity contribution < 1.29 is 14.6 Å². The van der Waals surface area contributed by atoms with Gasteiger partial charge in [-0.05, 0) is 37.6 Å². The highest BCUT2D eigenvalue weighted by molar-refractivity contribution is 5.50. The quantitative estimate of drug-likeness (QED) is 0.589. The molecule has 0 unspecified atom stereocenters. The molecule has 5 heteroatoms. The van der Waals surface area contributed by atoms with Crippen LogP contribution in [0.3, 0.4) is 0 Å². The standard InChI is InChI=1S/C14H23FN2O2/c1-2-17(7-9-19)14-10-12(4-5-13(14)15)11-16-6-3-8-18/h4-5,10,16,18-19H,2-3,6-9,11H2,1H3. The van der Waals surface area contributed by atoms with Crippen molar-refractivity contribution in [2.45, 2.75) is 19.9 Å². The number of hydrogen-bond acceptors (Lipinski definition) is 4. The number of benzene rings is 1. The van der Waals surface area contributed by atoms with Crippen LogP contribution in [0.5, 0.6) is 0 Å². The Hall–Kier alpha value is -1.17. The predicted molar refractivity (Wildman–Crippen MR) is 74.8 cm³/mol. The van der Waals surface area contributed by atoms with Crippen LogP contribution in [0.4, 0.5) is 10.1 Å². The van der Waals surface area contributed by atoms with Gasteiger partial charge < -0.3 is 20.4 Å². The lowest BCUT2D eigenvalue weighted by Gasteiger charge is -2.23. The number of hydrogen-bond donors (Lipinski definition) is 3. The second-order valence-corrected chi connectivity index (χ2v) is 4.34. The largest absolute Gasteiger partial charge is 0.396 e. The van der Waals surface area contributed by atoms with Crippen molar-refractivity contribution in [2.75, 3.05) is 37.7 Å². The van der Waals surface area contributed by atoms with Crippen LogP contribution in [0.25, 0.3) is 0 Å². The summed E-state index contributed by atoms with van der Waals surface area (Å²) in [6, 6.07) is 5.01. The Morgan fingerprint density at radius 1 is 1.26 bits per heavy atom. The first-order chi connectivity index (χ1) is 9.22. The van der Waals surface area contributed by atoms with Gasteiger partial charge in [0, 0.05) is 26.2 Å². The zero-order valence-corrected chi connectivity index (χ0v) is 11.4. The minimum atomic E-state index is -0.269. The topological polar surface area (TPSA) is 55.7 Å². The van der Waals surface area contributed by atoms with Crippen LogP contribution in [0.15, 0.2) is 18.2 Å². The fraction of sp³-hybridized carbons (Fsp3) is 0.571. The van der Waals surface area contributed by atoms with Gasteiger partial charge in [0.15, 0.2) is 0 Å². The fourth-order valence-corrected chi connectivity index (χ4v) is 1.92. The Kier molecular flexibility index (Phi) is 7.40. The number of aliphatic hydroxyl groups is 2. The van der Waals surface area contributed by atoms with Crippen molar-refractivity contribution in [3.05, 3.63) is 29.6 Å². The molecule has 0 saturated carbocycles. The zero-order valence-electron chi connectivity index (χ0n) is 11.4. The number of rotatable bonds is 9. The van der Waals surface area contributed by atoms with E-state index < -0.39 is 0 Å². The molecule has 0 bridgehead atoms. The molecule has 0 aliphatic rings. The van der Waals surface area contributed by atoms with Gasteiger partial charge in [0.2, 0.25) is 0 Å². The van der Waals surface area contributed by atoms with E-state index >= 15 is 0 Å². The summed E-state index contributed by atoms with van der Waals surface area (Å²) in [5.41, 5.74) is 1.52. The summed E-state index contributed by atoms with van der Waals surface area (Å²) in [6.07, 6.45) is 0.708. The van der Waals surface area contributed by atoms with Crippen molar-refractivity contribution in [2.24, 2.45) is 0 Å². The van der Waals surface area contributed by atoms with Crippen LogP contribution in [-0.4, -0.2) is 43.1 Å². The zero-order chi connectivity index (χ0) is 14.1. The van der Waals surface area contributed by atoms with Crippen LogP contribution in [0, 0.1) is 5.82 Å². The predicted octanol–water partition coefficient (Wildman–Crippen LogP) is 1.12.